The van der Waals surface area contributed by atoms with Crippen molar-refractivity contribution < 1.29 is 12.8 Å². The molecule has 0 aromatic carbocycles. The zero-order chi connectivity index (χ0) is 11.6. The first-order valence-corrected chi connectivity index (χ1v) is 7.44. The van der Waals surface area contributed by atoms with Crippen LogP contribution in [0.3, 0.4) is 0 Å². The van der Waals surface area contributed by atoms with Gasteiger partial charge in [0, 0.05) is 6.54 Å². The molecule has 0 aliphatic carbocycles. The van der Waals surface area contributed by atoms with Gasteiger partial charge in [-0.3, -0.25) is 0 Å². The second-order valence-electron chi connectivity index (χ2n) is 4.25. The fourth-order valence-corrected chi connectivity index (χ4v) is 3.38. The summed E-state index contributed by atoms with van der Waals surface area (Å²) in [7, 11) is -3.15. The zero-order valence-corrected chi connectivity index (χ0v) is 10.2. The second kappa shape index (κ2) is 4.59. The summed E-state index contributed by atoms with van der Waals surface area (Å²) in [5, 5.41) is 0. The largest absolute Gasteiger partial charge is 0.468 e. The molecule has 16 heavy (non-hydrogen) atoms. The predicted molar refractivity (Wildman–Crippen MR) is 61.5 cm³/mol. The van der Waals surface area contributed by atoms with Crippen molar-refractivity contribution in [1.29, 1.82) is 0 Å². The lowest BCUT2D eigenvalue weighted by molar-refractivity contribution is 0.287. The minimum absolute atomic E-state index is 0.118. The topological polar surface area (TPSA) is 50.5 Å². The molecular formula is C11H17NO3S. The molecule has 90 valence electrons. The standard InChI is InChI=1S/C11H17NO3S/c1-16(13,14)12-8-4-2-3-6-10(12)11-7-5-9-15-11/h5,7,9-10H,2-4,6,8H2,1H3. The molecule has 0 spiro atoms. The molecule has 1 aliphatic heterocycles. The van der Waals surface area contributed by atoms with Gasteiger partial charge < -0.3 is 4.42 Å². The first-order chi connectivity index (χ1) is 7.59. The third kappa shape index (κ3) is 2.47. The molecule has 0 amide bonds. The molecule has 1 fully saturated rings. The summed E-state index contributed by atoms with van der Waals surface area (Å²) < 4.78 is 30.4. The summed E-state index contributed by atoms with van der Waals surface area (Å²) in [5.74, 6) is 0.757. The fourth-order valence-electron chi connectivity index (χ4n) is 2.24. The van der Waals surface area contributed by atoms with Gasteiger partial charge in [0.05, 0.1) is 18.6 Å². The summed E-state index contributed by atoms with van der Waals surface area (Å²) in [6, 6.07) is 3.54. The molecule has 1 aromatic rings. The highest BCUT2D eigenvalue weighted by Gasteiger charge is 2.30. The molecule has 2 heterocycles. The maximum atomic E-state index is 11.7. The molecule has 1 aliphatic rings. The Bertz CT molecular complexity index is 424. The molecule has 1 unspecified atom stereocenters. The van der Waals surface area contributed by atoms with Crippen LogP contribution in [0.25, 0.3) is 0 Å². The minimum Gasteiger partial charge on any atom is -0.468 e. The predicted octanol–water partition coefficient (Wildman–Crippen LogP) is 2.16. The smallest absolute Gasteiger partial charge is 0.211 e. The molecule has 0 saturated carbocycles. The van der Waals surface area contributed by atoms with Gasteiger partial charge in [-0.2, -0.15) is 4.31 Å². The molecule has 1 atom stereocenters. The van der Waals surface area contributed by atoms with Crippen LogP contribution in [-0.2, 0) is 10.0 Å². The lowest BCUT2D eigenvalue weighted by Gasteiger charge is -2.25. The Hall–Kier alpha value is -0.810. The number of furan rings is 1. The first kappa shape index (κ1) is 11.7. The average Bonchev–Trinajstić information content (AvgIpc) is 2.60. The highest BCUT2D eigenvalue weighted by molar-refractivity contribution is 7.88. The van der Waals surface area contributed by atoms with Crippen LogP contribution in [0.4, 0.5) is 0 Å². The van der Waals surface area contributed by atoms with E-state index in [-0.39, 0.29) is 6.04 Å². The Labute approximate surface area is 96.3 Å². The maximum absolute atomic E-state index is 11.7. The van der Waals surface area contributed by atoms with Crippen molar-refractivity contribution in [3.63, 3.8) is 0 Å². The Morgan fingerprint density at radius 2 is 2.19 bits per heavy atom. The van der Waals surface area contributed by atoms with Gasteiger partial charge in [0.2, 0.25) is 10.0 Å². The van der Waals surface area contributed by atoms with Crippen LogP contribution in [0.1, 0.15) is 37.5 Å². The van der Waals surface area contributed by atoms with Gasteiger partial charge in [0.15, 0.2) is 0 Å². The van der Waals surface area contributed by atoms with Crippen LogP contribution in [0.15, 0.2) is 22.8 Å². The molecule has 0 N–H and O–H groups in total. The molecule has 5 heteroatoms. The van der Waals surface area contributed by atoms with Crippen molar-refractivity contribution in [2.75, 3.05) is 12.8 Å². The van der Waals surface area contributed by atoms with E-state index in [9.17, 15) is 8.42 Å². The van der Waals surface area contributed by atoms with E-state index >= 15 is 0 Å². The quantitative estimate of drug-likeness (QED) is 0.799. The van der Waals surface area contributed by atoms with E-state index in [0.29, 0.717) is 6.54 Å². The monoisotopic (exact) mass is 243 g/mol. The number of hydrogen-bond acceptors (Lipinski definition) is 3. The molecular weight excluding hydrogens is 226 g/mol. The van der Waals surface area contributed by atoms with E-state index in [2.05, 4.69) is 0 Å². The van der Waals surface area contributed by atoms with Crippen molar-refractivity contribution in [2.45, 2.75) is 31.7 Å². The SMILES string of the molecule is CS(=O)(=O)N1CCCCCC1c1ccco1. The van der Waals surface area contributed by atoms with E-state index in [4.69, 9.17) is 4.42 Å². The van der Waals surface area contributed by atoms with Gasteiger partial charge >= 0.3 is 0 Å². The number of nitrogens with zero attached hydrogens (tertiary/aromatic N) is 1. The molecule has 1 saturated heterocycles. The average molecular weight is 243 g/mol. The summed E-state index contributed by atoms with van der Waals surface area (Å²) in [6.45, 7) is 0.601. The number of rotatable bonds is 2. The number of sulfonamides is 1. The van der Waals surface area contributed by atoms with Gasteiger partial charge in [-0.15, -0.1) is 0 Å². The molecule has 2 rings (SSSR count). The lowest BCUT2D eigenvalue weighted by atomic mass is 10.1. The van der Waals surface area contributed by atoms with E-state index in [1.165, 1.54) is 6.26 Å². The van der Waals surface area contributed by atoms with Crippen LogP contribution in [0.5, 0.6) is 0 Å². The van der Waals surface area contributed by atoms with Crippen LogP contribution in [0.2, 0.25) is 0 Å². The van der Waals surface area contributed by atoms with Crippen LogP contribution in [-0.4, -0.2) is 25.5 Å². The molecule has 0 bridgehead atoms. The lowest BCUT2D eigenvalue weighted by Crippen LogP contribution is -2.33. The van der Waals surface area contributed by atoms with E-state index < -0.39 is 10.0 Å². The third-order valence-corrected chi connectivity index (χ3v) is 4.29. The van der Waals surface area contributed by atoms with Crippen molar-refractivity contribution >= 4 is 10.0 Å². The highest BCUT2D eigenvalue weighted by Crippen LogP contribution is 2.31. The Morgan fingerprint density at radius 1 is 1.38 bits per heavy atom. The van der Waals surface area contributed by atoms with Crippen molar-refractivity contribution in [1.82, 2.24) is 4.31 Å². The minimum atomic E-state index is -3.15. The van der Waals surface area contributed by atoms with Crippen LogP contribution >= 0.6 is 0 Å². The van der Waals surface area contributed by atoms with Gasteiger partial charge in [-0.25, -0.2) is 8.42 Å². The Balaban J connectivity index is 2.30. The Kier molecular flexibility index (Phi) is 3.35. The van der Waals surface area contributed by atoms with Gasteiger partial charge in [0.1, 0.15) is 5.76 Å². The van der Waals surface area contributed by atoms with Crippen molar-refractivity contribution in [2.24, 2.45) is 0 Å². The number of hydrogen-bond donors (Lipinski definition) is 0. The van der Waals surface area contributed by atoms with Gasteiger partial charge in [-0.1, -0.05) is 12.8 Å². The zero-order valence-electron chi connectivity index (χ0n) is 9.43. The van der Waals surface area contributed by atoms with E-state index in [1.807, 2.05) is 6.07 Å². The van der Waals surface area contributed by atoms with Crippen LogP contribution in [0, 0.1) is 0 Å². The van der Waals surface area contributed by atoms with Crippen molar-refractivity contribution in [3.05, 3.63) is 24.2 Å². The maximum Gasteiger partial charge on any atom is 0.211 e. The van der Waals surface area contributed by atoms with E-state index in [0.717, 1.165) is 31.4 Å². The van der Waals surface area contributed by atoms with Gasteiger partial charge in [0.25, 0.3) is 0 Å². The highest BCUT2D eigenvalue weighted by atomic mass is 32.2. The Morgan fingerprint density at radius 3 is 2.81 bits per heavy atom. The van der Waals surface area contributed by atoms with Crippen molar-refractivity contribution in [3.8, 4) is 0 Å². The molecule has 4 nitrogen and oxygen atoms in total. The first-order valence-electron chi connectivity index (χ1n) is 5.59. The molecule has 1 aromatic heterocycles. The van der Waals surface area contributed by atoms with E-state index in [1.54, 1.807) is 16.6 Å². The normalized spacial score (nSPS) is 24.2. The summed E-state index contributed by atoms with van der Waals surface area (Å²) in [6.07, 6.45) is 6.79. The fraction of sp³-hybridized carbons (Fsp3) is 0.636. The van der Waals surface area contributed by atoms with Gasteiger partial charge in [-0.05, 0) is 25.0 Å². The molecule has 0 radical (unpaired) electrons. The summed E-state index contributed by atoms with van der Waals surface area (Å²) in [4.78, 5) is 0. The third-order valence-electron chi connectivity index (χ3n) is 3.00. The van der Waals surface area contributed by atoms with Crippen LogP contribution < -0.4 is 0 Å². The summed E-state index contributed by atoms with van der Waals surface area (Å²) in [5.41, 5.74) is 0. The second-order valence-corrected chi connectivity index (χ2v) is 6.19. The summed E-state index contributed by atoms with van der Waals surface area (Å²) >= 11 is 0.